The number of benzene rings is 1. The van der Waals surface area contributed by atoms with E-state index in [9.17, 15) is 13.2 Å². The molecule has 1 N–H and O–H groups in total. The maximum Gasteiger partial charge on any atom is 0.455 e. The molecule has 0 aliphatic rings. The third-order valence-electron chi connectivity index (χ3n) is 2.44. The molecular formula is C12H12F3N3O. The van der Waals surface area contributed by atoms with Crippen molar-refractivity contribution in [1.29, 1.82) is 0 Å². The van der Waals surface area contributed by atoms with E-state index in [-0.39, 0.29) is 12.3 Å². The first-order valence-corrected chi connectivity index (χ1v) is 5.65. The molecule has 0 saturated carbocycles. The Kier molecular flexibility index (Phi) is 3.73. The number of hydrogen-bond acceptors (Lipinski definition) is 4. The van der Waals surface area contributed by atoms with Crippen LogP contribution in [-0.4, -0.2) is 16.7 Å². The van der Waals surface area contributed by atoms with Gasteiger partial charge in [-0.25, -0.2) is 0 Å². The van der Waals surface area contributed by atoms with Gasteiger partial charge < -0.3 is 9.84 Å². The van der Waals surface area contributed by atoms with Crippen LogP contribution >= 0.6 is 0 Å². The van der Waals surface area contributed by atoms with Crippen LogP contribution in [-0.2, 0) is 12.6 Å². The molecule has 0 saturated heterocycles. The van der Waals surface area contributed by atoms with Crippen molar-refractivity contribution in [2.75, 3.05) is 11.9 Å². The van der Waals surface area contributed by atoms with Gasteiger partial charge in [-0.3, -0.25) is 0 Å². The first-order valence-electron chi connectivity index (χ1n) is 5.65. The highest BCUT2D eigenvalue weighted by Gasteiger charge is 2.37. The minimum Gasteiger partial charge on any atom is -0.385 e. The summed E-state index contributed by atoms with van der Waals surface area (Å²) in [6.45, 7) is 2.39. The van der Waals surface area contributed by atoms with E-state index in [1.54, 1.807) is 0 Å². The van der Waals surface area contributed by atoms with Gasteiger partial charge >= 0.3 is 6.18 Å². The van der Waals surface area contributed by atoms with Gasteiger partial charge in [-0.2, -0.15) is 18.2 Å². The summed E-state index contributed by atoms with van der Waals surface area (Å²) in [6, 6.07) is 7.67. The van der Waals surface area contributed by atoms with Crippen molar-refractivity contribution in [3.05, 3.63) is 41.5 Å². The summed E-state index contributed by atoms with van der Waals surface area (Å²) in [5.74, 6) is -1.27. The molecular weight excluding hydrogens is 259 g/mol. The van der Waals surface area contributed by atoms with Crippen LogP contribution in [0, 0.1) is 6.92 Å². The van der Waals surface area contributed by atoms with Crippen molar-refractivity contribution in [1.82, 2.24) is 10.1 Å². The quantitative estimate of drug-likeness (QED) is 0.928. The van der Waals surface area contributed by atoms with Gasteiger partial charge in [0.05, 0.1) is 0 Å². The molecule has 4 nitrogen and oxygen atoms in total. The Morgan fingerprint density at radius 1 is 1.21 bits per heavy atom. The largest absolute Gasteiger partial charge is 0.455 e. The lowest BCUT2D eigenvalue weighted by Gasteiger charge is -2.04. The summed E-state index contributed by atoms with van der Waals surface area (Å²) in [6.07, 6.45) is -4.33. The van der Waals surface area contributed by atoms with E-state index < -0.39 is 12.0 Å². The lowest BCUT2D eigenvalue weighted by atomic mass is 10.2. The van der Waals surface area contributed by atoms with E-state index in [0.717, 1.165) is 11.3 Å². The Bertz CT molecular complexity index is 534. The van der Waals surface area contributed by atoms with Crippen molar-refractivity contribution in [3.8, 4) is 0 Å². The number of hydrogen-bond donors (Lipinski definition) is 1. The van der Waals surface area contributed by atoms with Gasteiger partial charge in [0.1, 0.15) is 0 Å². The minimum atomic E-state index is -4.56. The second kappa shape index (κ2) is 5.29. The predicted octanol–water partition coefficient (Wildman–Crippen LogP) is 3.05. The SMILES string of the molecule is Cc1ccc(NCCc2nc(C(F)(F)F)no2)cc1. The highest BCUT2D eigenvalue weighted by Crippen LogP contribution is 2.26. The van der Waals surface area contributed by atoms with Crippen LogP contribution < -0.4 is 5.32 Å². The number of nitrogens with zero attached hydrogens (tertiary/aromatic N) is 2. The van der Waals surface area contributed by atoms with Crippen molar-refractivity contribution in [3.63, 3.8) is 0 Å². The number of nitrogens with one attached hydrogen (secondary N) is 1. The van der Waals surface area contributed by atoms with Crippen molar-refractivity contribution in [2.45, 2.75) is 19.5 Å². The van der Waals surface area contributed by atoms with E-state index in [4.69, 9.17) is 0 Å². The standard InChI is InChI=1S/C12H12F3N3O/c1-8-2-4-9(5-3-8)16-7-6-10-17-11(18-19-10)12(13,14)15/h2-5,16H,6-7H2,1H3. The topological polar surface area (TPSA) is 51.0 Å². The first kappa shape index (κ1) is 13.4. The maximum atomic E-state index is 12.2. The smallest absolute Gasteiger partial charge is 0.385 e. The third-order valence-corrected chi connectivity index (χ3v) is 2.44. The number of aromatic nitrogens is 2. The zero-order chi connectivity index (χ0) is 13.9. The number of halogens is 3. The fourth-order valence-corrected chi connectivity index (χ4v) is 1.46. The molecule has 2 aromatic rings. The zero-order valence-corrected chi connectivity index (χ0v) is 10.2. The molecule has 0 atom stereocenters. The molecule has 0 spiro atoms. The van der Waals surface area contributed by atoms with Crippen LogP contribution in [0.5, 0.6) is 0 Å². The fourth-order valence-electron chi connectivity index (χ4n) is 1.46. The molecule has 102 valence electrons. The molecule has 1 aromatic carbocycles. The molecule has 0 unspecified atom stereocenters. The first-order chi connectivity index (χ1) is 8.95. The highest BCUT2D eigenvalue weighted by atomic mass is 19.4. The van der Waals surface area contributed by atoms with E-state index in [2.05, 4.69) is 20.0 Å². The van der Waals surface area contributed by atoms with Gasteiger partial charge in [0.25, 0.3) is 5.82 Å². The van der Waals surface area contributed by atoms with Crippen LogP contribution in [0.1, 0.15) is 17.3 Å². The minimum absolute atomic E-state index is 0.0352. The van der Waals surface area contributed by atoms with Crippen LogP contribution in [0.3, 0.4) is 0 Å². The molecule has 0 bridgehead atoms. The molecule has 0 aliphatic heterocycles. The average molecular weight is 271 g/mol. The molecule has 19 heavy (non-hydrogen) atoms. The van der Waals surface area contributed by atoms with Crippen LogP contribution in [0.25, 0.3) is 0 Å². The molecule has 7 heteroatoms. The monoisotopic (exact) mass is 271 g/mol. The van der Waals surface area contributed by atoms with Gasteiger partial charge in [0.15, 0.2) is 0 Å². The molecule has 2 rings (SSSR count). The van der Waals surface area contributed by atoms with Gasteiger partial charge in [-0.1, -0.05) is 22.9 Å². The van der Waals surface area contributed by atoms with E-state index in [0.29, 0.717) is 6.54 Å². The molecule has 1 aromatic heterocycles. The average Bonchev–Trinajstić information content (AvgIpc) is 2.80. The van der Waals surface area contributed by atoms with Crippen LogP contribution in [0.2, 0.25) is 0 Å². The Balaban J connectivity index is 1.86. The zero-order valence-electron chi connectivity index (χ0n) is 10.2. The summed E-state index contributed by atoms with van der Waals surface area (Å²) in [5.41, 5.74) is 2.03. The number of alkyl halides is 3. The normalized spacial score (nSPS) is 11.6. The Morgan fingerprint density at radius 3 is 2.47 bits per heavy atom. The van der Waals surface area contributed by atoms with E-state index >= 15 is 0 Å². The molecule has 0 amide bonds. The van der Waals surface area contributed by atoms with E-state index in [1.807, 2.05) is 31.2 Å². The molecule has 0 aliphatic carbocycles. The summed E-state index contributed by atoms with van der Waals surface area (Å²) in [4.78, 5) is 3.28. The molecule has 0 radical (unpaired) electrons. The third kappa shape index (κ3) is 3.70. The molecule has 0 fully saturated rings. The van der Waals surface area contributed by atoms with Gasteiger partial charge in [0, 0.05) is 18.7 Å². The van der Waals surface area contributed by atoms with Crippen molar-refractivity contribution < 1.29 is 17.7 Å². The Labute approximate surface area is 107 Å². The van der Waals surface area contributed by atoms with Crippen molar-refractivity contribution >= 4 is 5.69 Å². The summed E-state index contributed by atoms with van der Waals surface area (Å²) in [5, 5.41) is 5.95. The summed E-state index contributed by atoms with van der Waals surface area (Å²) in [7, 11) is 0. The van der Waals surface area contributed by atoms with E-state index in [1.165, 1.54) is 0 Å². The Morgan fingerprint density at radius 2 is 1.89 bits per heavy atom. The van der Waals surface area contributed by atoms with Gasteiger partial charge in [-0.15, -0.1) is 0 Å². The Hall–Kier alpha value is -2.05. The summed E-state index contributed by atoms with van der Waals surface area (Å²) >= 11 is 0. The second-order valence-electron chi connectivity index (χ2n) is 4.05. The fraction of sp³-hybridized carbons (Fsp3) is 0.333. The van der Waals surface area contributed by atoms with Gasteiger partial charge in [-0.05, 0) is 19.1 Å². The van der Waals surface area contributed by atoms with Crippen LogP contribution in [0.4, 0.5) is 18.9 Å². The number of anilines is 1. The summed E-state index contributed by atoms with van der Waals surface area (Å²) < 4.78 is 41.2. The predicted molar refractivity (Wildman–Crippen MR) is 62.7 cm³/mol. The number of rotatable bonds is 4. The number of aryl methyl sites for hydroxylation is 1. The lowest BCUT2D eigenvalue weighted by Crippen LogP contribution is -2.08. The maximum absolute atomic E-state index is 12.2. The van der Waals surface area contributed by atoms with Crippen LogP contribution in [0.15, 0.2) is 28.8 Å². The van der Waals surface area contributed by atoms with Gasteiger partial charge in [0.2, 0.25) is 5.89 Å². The van der Waals surface area contributed by atoms with Crippen molar-refractivity contribution in [2.24, 2.45) is 0 Å². The molecule has 1 heterocycles. The second-order valence-corrected chi connectivity index (χ2v) is 4.05. The lowest BCUT2D eigenvalue weighted by molar-refractivity contribution is -0.146. The highest BCUT2D eigenvalue weighted by molar-refractivity contribution is 5.44.